The van der Waals surface area contributed by atoms with E-state index in [0.717, 1.165) is 17.8 Å². The third-order valence-corrected chi connectivity index (χ3v) is 17.7. The molecule has 11 aromatic rings. The van der Waals surface area contributed by atoms with Gasteiger partial charge in [0.1, 0.15) is 0 Å². The highest BCUT2D eigenvalue weighted by atomic mass is 15.2. The molecular formula is C75H62N2. The molecule has 0 atom stereocenters. The number of fused-ring (bicyclic) bond motifs is 8. The Labute approximate surface area is 453 Å². The summed E-state index contributed by atoms with van der Waals surface area (Å²) in [4.78, 5) is 5.02. The van der Waals surface area contributed by atoms with E-state index in [9.17, 15) is 0 Å². The molecule has 0 saturated heterocycles. The molecule has 0 saturated carbocycles. The van der Waals surface area contributed by atoms with Gasteiger partial charge in [0.2, 0.25) is 0 Å². The molecule has 2 nitrogen and oxygen atoms in total. The van der Waals surface area contributed by atoms with E-state index in [0.29, 0.717) is 0 Å². The van der Waals surface area contributed by atoms with E-state index in [1.807, 2.05) is 0 Å². The van der Waals surface area contributed by atoms with Gasteiger partial charge in [-0.1, -0.05) is 224 Å². The van der Waals surface area contributed by atoms with Crippen LogP contribution in [0.2, 0.25) is 0 Å². The second-order valence-electron chi connectivity index (χ2n) is 23.5. The Hall–Kier alpha value is -8.72. The number of para-hydroxylation sites is 4. The standard InChI is InChI=1S/C75H62N2/c1-48(38-39-52-47-73(2,3)62-29-11-10-27-57(52)62)71-58-42-40-54(77-69-36-18-14-32-65(69)75(6,7)66-33-15-19-37-70(66)77)46-61(58)72(51-25-20-24-50(44-51)56-28-21-23-49-22-8-9-26-55(49)56)59-43-41-53(45-60(59)71)76-67-34-16-12-30-63(67)74(4,5)64-31-13-17-35-68(64)76/h8-46H,47H2,1-7H3/b48-38+,52-39+. The first-order chi connectivity index (χ1) is 37.4. The lowest BCUT2D eigenvalue weighted by atomic mass is 9.73. The van der Waals surface area contributed by atoms with Crippen molar-refractivity contribution < 1.29 is 0 Å². The number of anilines is 6. The molecule has 0 fully saturated rings. The Morgan fingerprint density at radius 2 is 0.857 bits per heavy atom. The smallest absolute Gasteiger partial charge is 0.0502 e. The first-order valence-corrected chi connectivity index (χ1v) is 27.5. The van der Waals surface area contributed by atoms with Crippen LogP contribution in [0, 0.1) is 0 Å². The van der Waals surface area contributed by atoms with Crippen LogP contribution in [0.5, 0.6) is 0 Å². The van der Waals surface area contributed by atoms with E-state index >= 15 is 0 Å². The van der Waals surface area contributed by atoms with Crippen molar-refractivity contribution in [3.63, 3.8) is 0 Å². The van der Waals surface area contributed by atoms with Crippen LogP contribution >= 0.6 is 0 Å². The summed E-state index contributed by atoms with van der Waals surface area (Å²) in [6.07, 6.45) is 5.83. The normalized spacial score (nSPS) is 16.3. The van der Waals surface area contributed by atoms with Gasteiger partial charge in [0.15, 0.2) is 0 Å². The molecule has 1 aliphatic carbocycles. The Morgan fingerprint density at radius 3 is 1.47 bits per heavy atom. The van der Waals surface area contributed by atoms with Gasteiger partial charge in [-0.3, -0.25) is 0 Å². The summed E-state index contributed by atoms with van der Waals surface area (Å²) in [5.41, 5.74) is 23.6. The Bertz CT molecular complexity index is 4210. The Kier molecular flexibility index (Phi) is 10.6. The van der Waals surface area contributed by atoms with Crippen molar-refractivity contribution in [2.45, 2.75) is 71.1 Å². The van der Waals surface area contributed by atoms with Crippen molar-refractivity contribution in [3.8, 4) is 22.3 Å². The van der Waals surface area contributed by atoms with E-state index in [4.69, 9.17) is 0 Å². The molecule has 2 heterocycles. The van der Waals surface area contributed by atoms with Gasteiger partial charge in [-0.2, -0.15) is 0 Å². The van der Waals surface area contributed by atoms with Crippen LogP contribution in [0.15, 0.2) is 237 Å². The topological polar surface area (TPSA) is 6.48 Å². The van der Waals surface area contributed by atoms with Crippen LogP contribution in [0.25, 0.3) is 65.7 Å². The van der Waals surface area contributed by atoms with Crippen molar-refractivity contribution in [1.82, 2.24) is 0 Å². The van der Waals surface area contributed by atoms with Gasteiger partial charge in [0, 0.05) is 22.2 Å². The molecular weight excluding hydrogens is 929 g/mol. The number of nitrogens with zero attached hydrogens (tertiary/aromatic N) is 2. The summed E-state index contributed by atoms with van der Waals surface area (Å²) >= 11 is 0. The highest BCUT2D eigenvalue weighted by Crippen LogP contribution is 2.56. The number of rotatable bonds is 6. The SMILES string of the molecule is C/C(=C\C=C1/CC(C)(C)c2ccccc21)c1c2cc(N3c4ccccc4C(C)(C)c4ccccc43)ccc2c(-c2cccc(-c3cccc4ccccc34)c2)c2cc(N3c4ccccc4C(C)(C)c4ccccc43)ccc12. The molecule has 3 aliphatic rings. The zero-order chi connectivity index (χ0) is 52.4. The van der Waals surface area contributed by atoms with E-state index in [1.165, 1.54) is 127 Å². The largest absolute Gasteiger partial charge is 0.310 e. The summed E-state index contributed by atoms with van der Waals surface area (Å²) in [5, 5.41) is 7.38. The van der Waals surface area contributed by atoms with Gasteiger partial charge in [0.25, 0.3) is 0 Å². The average molecular weight is 991 g/mol. The molecule has 0 radical (unpaired) electrons. The van der Waals surface area contributed by atoms with Crippen molar-refractivity contribution in [3.05, 3.63) is 276 Å². The van der Waals surface area contributed by atoms with Crippen LogP contribution in [-0.4, -0.2) is 0 Å². The van der Waals surface area contributed by atoms with E-state index in [1.54, 1.807) is 0 Å². The predicted octanol–water partition coefficient (Wildman–Crippen LogP) is 20.9. The van der Waals surface area contributed by atoms with Crippen molar-refractivity contribution in [2.24, 2.45) is 0 Å². The van der Waals surface area contributed by atoms with Crippen LogP contribution in [-0.2, 0) is 16.2 Å². The Morgan fingerprint density at radius 1 is 0.390 bits per heavy atom. The van der Waals surface area contributed by atoms with E-state index in [-0.39, 0.29) is 16.2 Å². The van der Waals surface area contributed by atoms with Crippen molar-refractivity contribution >= 4 is 77.6 Å². The molecule has 0 unspecified atom stereocenters. The minimum Gasteiger partial charge on any atom is -0.310 e. The summed E-state index contributed by atoms with van der Waals surface area (Å²) in [6, 6.07) is 84.5. The van der Waals surface area contributed by atoms with Crippen LogP contribution in [0.3, 0.4) is 0 Å². The lowest BCUT2D eigenvalue weighted by molar-refractivity contribution is 0.563. The highest BCUT2D eigenvalue weighted by molar-refractivity contribution is 6.20. The molecule has 2 heteroatoms. The molecule has 0 spiro atoms. The molecule has 372 valence electrons. The quantitative estimate of drug-likeness (QED) is 0.153. The fraction of sp³-hybridized carbons (Fsp3) is 0.147. The summed E-state index contributed by atoms with van der Waals surface area (Å²) < 4.78 is 0. The lowest BCUT2D eigenvalue weighted by Gasteiger charge is -2.42. The number of hydrogen-bond donors (Lipinski definition) is 0. The average Bonchev–Trinajstić information content (AvgIpc) is 3.78. The number of hydrogen-bond acceptors (Lipinski definition) is 2. The zero-order valence-electron chi connectivity index (χ0n) is 45.1. The second-order valence-corrected chi connectivity index (χ2v) is 23.5. The maximum absolute atomic E-state index is 2.51. The van der Waals surface area contributed by atoms with Crippen LogP contribution in [0.1, 0.15) is 93.8 Å². The Balaban J connectivity index is 1.08. The summed E-state index contributed by atoms with van der Waals surface area (Å²) in [7, 11) is 0. The van der Waals surface area contributed by atoms with Gasteiger partial charge in [-0.15, -0.1) is 0 Å². The maximum atomic E-state index is 2.51. The minimum absolute atomic E-state index is 0.0631. The fourth-order valence-electron chi connectivity index (χ4n) is 13.9. The fourth-order valence-corrected chi connectivity index (χ4v) is 13.9. The van der Waals surface area contributed by atoms with Gasteiger partial charge >= 0.3 is 0 Å². The molecule has 14 rings (SSSR count). The van der Waals surface area contributed by atoms with E-state index < -0.39 is 0 Å². The number of benzene rings is 11. The predicted molar refractivity (Wildman–Crippen MR) is 329 cm³/mol. The molecule has 11 aromatic carbocycles. The summed E-state index contributed by atoms with van der Waals surface area (Å²) in [5.74, 6) is 0. The second kappa shape index (κ2) is 17.4. The molecule has 2 aliphatic heterocycles. The maximum Gasteiger partial charge on any atom is 0.0502 e. The minimum atomic E-state index is -0.175. The van der Waals surface area contributed by atoms with Crippen LogP contribution < -0.4 is 9.80 Å². The van der Waals surface area contributed by atoms with Crippen LogP contribution in [0.4, 0.5) is 34.1 Å². The first-order valence-electron chi connectivity index (χ1n) is 27.5. The number of allylic oxidation sites excluding steroid dienone is 4. The third kappa shape index (κ3) is 7.22. The van der Waals surface area contributed by atoms with Crippen molar-refractivity contribution in [1.29, 1.82) is 0 Å². The zero-order valence-corrected chi connectivity index (χ0v) is 45.1. The van der Waals surface area contributed by atoms with Gasteiger partial charge in [0.05, 0.1) is 22.7 Å². The first kappa shape index (κ1) is 46.8. The summed E-state index contributed by atoms with van der Waals surface area (Å²) in [6.45, 7) is 16.6. The van der Waals surface area contributed by atoms with Gasteiger partial charge < -0.3 is 9.80 Å². The van der Waals surface area contributed by atoms with Crippen molar-refractivity contribution in [2.75, 3.05) is 9.80 Å². The lowest BCUT2D eigenvalue weighted by Crippen LogP contribution is -2.30. The monoisotopic (exact) mass is 990 g/mol. The van der Waals surface area contributed by atoms with E-state index in [2.05, 4.69) is 295 Å². The van der Waals surface area contributed by atoms with Gasteiger partial charge in [-0.05, 0) is 178 Å². The third-order valence-electron chi connectivity index (χ3n) is 17.7. The van der Waals surface area contributed by atoms with Gasteiger partial charge in [-0.25, -0.2) is 0 Å². The molecule has 0 N–H and O–H groups in total. The molecule has 0 aromatic heterocycles. The molecule has 0 amide bonds. The highest BCUT2D eigenvalue weighted by Gasteiger charge is 2.39. The molecule has 77 heavy (non-hydrogen) atoms. The molecule has 0 bridgehead atoms.